The molecule has 0 radical (unpaired) electrons. The fourth-order valence-corrected chi connectivity index (χ4v) is 3.16. The largest absolute Gasteiger partial charge is 0.494 e. The van der Waals surface area contributed by atoms with Gasteiger partial charge in [-0.2, -0.15) is 10.1 Å². The molecule has 1 aliphatic rings. The first-order valence-electron chi connectivity index (χ1n) is 8.11. The number of halogens is 1. The number of fused-ring (bicyclic) bond motifs is 1. The van der Waals surface area contributed by atoms with Crippen LogP contribution in [0.5, 0.6) is 5.75 Å². The van der Waals surface area contributed by atoms with E-state index >= 15 is 0 Å². The van der Waals surface area contributed by atoms with Crippen LogP contribution in [0.15, 0.2) is 65.4 Å². The van der Waals surface area contributed by atoms with E-state index in [9.17, 15) is 0 Å². The van der Waals surface area contributed by atoms with E-state index in [0.29, 0.717) is 6.61 Å². The van der Waals surface area contributed by atoms with Crippen LogP contribution in [-0.2, 0) is 0 Å². The Kier molecular flexibility index (Phi) is 4.28. The number of aromatic nitrogens is 3. The molecule has 0 saturated carbocycles. The number of nitrogens with zero attached hydrogens (tertiary/aromatic N) is 3. The second kappa shape index (κ2) is 6.72. The van der Waals surface area contributed by atoms with E-state index in [1.54, 1.807) is 6.33 Å². The fraction of sp³-hybridized carbons (Fsp3) is 0.158. The van der Waals surface area contributed by atoms with Crippen molar-refractivity contribution in [1.82, 2.24) is 14.8 Å². The molecule has 2 heterocycles. The van der Waals surface area contributed by atoms with Gasteiger partial charge >= 0.3 is 0 Å². The van der Waals surface area contributed by atoms with Gasteiger partial charge in [0.2, 0.25) is 5.95 Å². The molecule has 126 valence electrons. The van der Waals surface area contributed by atoms with Crippen molar-refractivity contribution in [2.75, 3.05) is 11.9 Å². The number of nitrogens with one attached hydrogen (secondary N) is 1. The van der Waals surface area contributed by atoms with Gasteiger partial charge in [0, 0.05) is 10.2 Å². The van der Waals surface area contributed by atoms with Gasteiger partial charge in [-0.25, -0.2) is 4.68 Å². The average molecular weight is 397 g/mol. The summed E-state index contributed by atoms with van der Waals surface area (Å²) in [5, 5.41) is 7.73. The summed E-state index contributed by atoms with van der Waals surface area (Å²) >= 11 is 3.48. The quantitative estimate of drug-likeness (QED) is 0.705. The molecule has 1 N–H and O–H groups in total. The maximum atomic E-state index is 5.54. The molecule has 0 spiro atoms. The Morgan fingerprint density at radius 2 is 1.88 bits per heavy atom. The first-order chi connectivity index (χ1) is 12.2. The molecule has 0 unspecified atom stereocenters. The monoisotopic (exact) mass is 396 g/mol. The molecule has 25 heavy (non-hydrogen) atoms. The Morgan fingerprint density at radius 1 is 1.12 bits per heavy atom. The van der Waals surface area contributed by atoms with Crippen molar-refractivity contribution >= 4 is 27.6 Å². The summed E-state index contributed by atoms with van der Waals surface area (Å²) in [5.74, 6) is 1.61. The number of hydrogen-bond donors (Lipinski definition) is 1. The number of rotatable bonds is 4. The van der Waals surface area contributed by atoms with Gasteiger partial charge in [0.05, 0.1) is 6.61 Å². The molecular formula is C19H17BrN4O. The maximum absolute atomic E-state index is 5.54. The van der Waals surface area contributed by atoms with Crippen LogP contribution >= 0.6 is 15.9 Å². The Morgan fingerprint density at radius 3 is 2.60 bits per heavy atom. The minimum absolute atomic E-state index is 0.0203. The highest BCUT2D eigenvalue weighted by atomic mass is 79.9. The van der Waals surface area contributed by atoms with Crippen LogP contribution in [0.25, 0.3) is 5.70 Å². The third kappa shape index (κ3) is 3.17. The average Bonchev–Trinajstić information content (AvgIpc) is 3.11. The fourth-order valence-electron chi connectivity index (χ4n) is 2.90. The molecule has 5 nitrogen and oxygen atoms in total. The number of benzene rings is 2. The Labute approximate surface area is 154 Å². The van der Waals surface area contributed by atoms with Gasteiger partial charge in [0.15, 0.2) is 0 Å². The van der Waals surface area contributed by atoms with E-state index in [1.165, 1.54) is 0 Å². The third-order valence-corrected chi connectivity index (χ3v) is 4.62. The molecule has 0 bridgehead atoms. The van der Waals surface area contributed by atoms with E-state index < -0.39 is 0 Å². The summed E-state index contributed by atoms with van der Waals surface area (Å²) in [6.45, 7) is 2.64. The normalized spacial score (nSPS) is 15.9. The molecule has 3 aromatic rings. The lowest BCUT2D eigenvalue weighted by atomic mass is 10.0. The minimum atomic E-state index is -0.0203. The molecule has 1 aliphatic heterocycles. The standard InChI is InChI=1S/C19H17BrN4O/c1-2-25-16-9-5-14(6-10-16)18-11-17(13-3-7-15(20)8-4-13)23-19-21-12-22-24(18)19/h3-12,18H,2H2,1H3,(H,21,22,23)/t18-/m1/s1. The van der Waals surface area contributed by atoms with Gasteiger partial charge in [-0.1, -0.05) is 40.2 Å². The predicted molar refractivity (Wildman–Crippen MR) is 102 cm³/mol. The van der Waals surface area contributed by atoms with Crippen molar-refractivity contribution in [2.45, 2.75) is 13.0 Å². The van der Waals surface area contributed by atoms with Crippen molar-refractivity contribution in [2.24, 2.45) is 0 Å². The van der Waals surface area contributed by atoms with Crippen LogP contribution in [0.4, 0.5) is 5.95 Å². The summed E-state index contributed by atoms with van der Waals surface area (Å²) in [5.41, 5.74) is 3.26. The zero-order valence-electron chi connectivity index (χ0n) is 13.7. The molecule has 4 rings (SSSR count). The molecule has 0 amide bonds. The van der Waals surface area contributed by atoms with Crippen LogP contribution in [-0.4, -0.2) is 21.4 Å². The molecule has 1 aromatic heterocycles. The van der Waals surface area contributed by atoms with Crippen LogP contribution in [0.3, 0.4) is 0 Å². The van der Waals surface area contributed by atoms with E-state index in [-0.39, 0.29) is 6.04 Å². The SMILES string of the molecule is CCOc1ccc([C@H]2C=C(c3ccc(Br)cc3)Nc3ncnn32)cc1. The number of anilines is 1. The van der Waals surface area contributed by atoms with Crippen molar-refractivity contribution in [3.05, 3.63) is 76.5 Å². The Bertz CT molecular complexity index is 900. The van der Waals surface area contributed by atoms with Crippen molar-refractivity contribution in [3.63, 3.8) is 0 Å². The Balaban J connectivity index is 1.73. The lowest BCUT2D eigenvalue weighted by molar-refractivity contribution is 0.340. The Hall–Kier alpha value is -2.60. The number of ether oxygens (including phenoxy) is 1. The summed E-state index contributed by atoms with van der Waals surface area (Å²) < 4.78 is 8.48. The zero-order chi connectivity index (χ0) is 17.2. The van der Waals surface area contributed by atoms with Gasteiger partial charge in [-0.05, 0) is 48.4 Å². The topological polar surface area (TPSA) is 52.0 Å². The van der Waals surface area contributed by atoms with E-state index in [4.69, 9.17) is 4.74 Å². The lowest BCUT2D eigenvalue weighted by Crippen LogP contribution is -2.20. The first kappa shape index (κ1) is 15.9. The second-order valence-corrected chi connectivity index (χ2v) is 6.60. The van der Waals surface area contributed by atoms with Crippen molar-refractivity contribution in [3.8, 4) is 5.75 Å². The number of allylic oxidation sites excluding steroid dienone is 1. The first-order valence-corrected chi connectivity index (χ1v) is 8.91. The van der Waals surface area contributed by atoms with E-state index in [1.807, 2.05) is 35.9 Å². The van der Waals surface area contributed by atoms with Crippen molar-refractivity contribution < 1.29 is 4.74 Å². The predicted octanol–water partition coefficient (Wildman–Crippen LogP) is 4.50. The van der Waals surface area contributed by atoms with Crippen LogP contribution in [0.2, 0.25) is 0 Å². The summed E-state index contributed by atoms with van der Waals surface area (Å²) in [6.07, 6.45) is 3.74. The maximum Gasteiger partial charge on any atom is 0.226 e. The lowest BCUT2D eigenvalue weighted by Gasteiger charge is -2.24. The van der Waals surface area contributed by atoms with Crippen molar-refractivity contribution in [1.29, 1.82) is 0 Å². The summed E-state index contributed by atoms with van der Waals surface area (Å²) in [4.78, 5) is 4.34. The molecule has 6 heteroatoms. The van der Waals surface area contributed by atoms with Gasteiger partial charge in [0.25, 0.3) is 0 Å². The molecule has 1 atom stereocenters. The minimum Gasteiger partial charge on any atom is -0.494 e. The zero-order valence-corrected chi connectivity index (χ0v) is 15.3. The smallest absolute Gasteiger partial charge is 0.226 e. The number of hydrogen-bond acceptors (Lipinski definition) is 4. The van der Waals surface area contributed by atoms with Crippen LogP contribution in [0.1, 0.15) is 24.1 Å². The van der Waals surface area contributed by atoms with Gasteiger partial charge < -0.3 is 10.1 Å². The molecule has 0 aliphatic carbocycles. The van der Waals surface area contributed by atoms with Gasteiger partial charge in [-0.3, -0.25) is 0 Å². The highest BCUT2D eigenvalue weighted by Gasteiger charge is 2.23. The highest BCUT2D eigenvalue weighted by molar-refractivity contribution is 9.10. The third-order valence-electron chi connectivity index (χ3n) is 4.10. The van der Waals surface area contributed by atoms with Crippen LogP contribution in [0, 0.1) is 0 Å². The summed E-state index contributed by atoms with van der Waals surface area (Å²) in [6, 6.07) is 16.3. The molecule has 0 fully saturated rings. The highest BCUT2D eigenvalue weighted by Crippen LogP contribution is 2.32. The summed E-state index contributed by atoms with van der Waals surface area (Å²) in [7, 11) is 0. The molecule has 0 saturated heterocycles. The van der Waals surface area contributed by atoms with Gasteiger partial charge in [-0.15, -0.1) is 0 Å². The second-order valence-electron chi connectivity index (χ2n) is 5.69. The van der Waals surface area contributed by atoms with Crippen LogP contribution < -0.4 is 10.1 Å². The van der Waals surface area contributed by atoms with E-state index in [0.717, 1.165) is 33.0 Å². The van der Waals surface area contributed by atoms with Gasteiger partial charge in [0.1, 0.15) is 18.1 Å². The molecule has 2 aromatic carbocycles. The molecular weight excluding hydrogens is 380 g/mol. The van der Waals surface area contributed by atoms with E-state index in [2.05, 4.69) is 61.7 Å².